The number of benzene rings is 3. The quantitative estimate of drug-likeness (QED) is 0.373. The fourth-order valence-electron chi connectivity index (χ4n) is 2.48. The van der Waals surface area contributed by atoms with Crippen molar-refractivity contribution in [3.8, 4) is 11.5 Å². The van der Waals surface area contributed by atoms with Gasteiger partial charge in [-0.1, -0.05) is 35.9 Å². The Bertz CT molecular complexity index is 1080. The summed E-state index contributed by atoms with van der Waals surface area (Å²) in [4.78, 5) is 22.0. The summed E-state index contributed by atoms with van der Waals surface area (Å²) in [6, 6.07) is 14.5. The number of carbonyl (C=O) groups is 1. The van der Waals surface area contributed by atoms with Crippen molar-refractivity contribution in [2.75, 3.05) is 6.61 Å². The highest BCUT2D eigenvalue weighted by molar-refractivity contribution is 6.35. The smallest absolute Gasteiger partial charge is 0.311 e. The number of ether oxygens (including phenoxy) is 1. The standard InChI is InChI=1S/C19H14ClN3O5/c20-15-6-8-18(14-4-2-1-3-13(14)15)28-11-19(25)22-21-10-12-5-7-17(24)16(9-12)23(26)27/h1-10,24H,11H2,(H,22,25)/b21-10+. The largest absolute Gasteiger partial charge is 0.502 e. The summed E-state index contributed by atoms with van der Waals surface area (Å²) in [5.74, 6) is -0.452. The molecule has 0 saturated heterocycles. The highest BCUT2D eigenvalue weighted by atomic mass is 35.5. The molecule has 0 aromatic heterocycles. The molecule has 0 aliphatic rings. The number of hydrogen-bond donors (Lipinski definition) is 2. The number of halogens is 1. The van der Waals surface area contributed by atoms with Crippen LogP contribution in [0.3, 0.4) is 0 Å². The topological polar surface area (TPSA) is 114 Å². The Hall–Kier alpha value is -3.65. The molecular formula is C19H14ClN3O5. The van der Waals surface area contributed by atoms with Crippen molar-refractivity contribution < 1.29 is 19.6 Å². The number of nitro groups is 1. The third-order valence-corrected chi connectivity index (χ3v) is 4.12. The number of carbonyl (C=O) groups excluding carboxylic acids is 1. The van der Waals surface area contributed by atoms with E-state index in [9.17, 15) is 20.0 Å². The molecule has 0 aliphatic heterocycles. The second kappa shape index (κ2) is 8.36. The van der Waals surface area contributed by atoms with Crippen LogP contribution in [0.4, 0.5) is 5.69 Å². The molecule has 28 heavy (non-hydrogen) atoms. The molecule has 0 aliphatic carbocycles. The van der Waals surface area contributed by atoms with Gasteiger partial charge in [0.05, 0.1) is 11.1 Å². The normalized spacial score (nSPS) is 10.9. The molecule has 3 aromatic rings. The Labute approximate surface area is 164 Å². The van der Waals surface area contributed by atoms with Gasteiger partial charge in [-0.3, -0.25) is 14.9 Å². The van der Waals surface area contributed by atoms with Gasteiger partial charge in [0.25, 0.3) is 5.91 Å². The number of phenolic OH excluding ortho intramolecular Hbond substituents is 1. The molecule has 3 rings (SSSR count). The second-order valence-corrected chi connectivity index (χ2v) is 6.09. The van der Waals surface area contributed by atoms with E-state index in [1.165, 1.54) is 18.3 Å². The lowest BCUT2D eigenvalue weighted by molar-refractivity contribution is -0.385. The van der Waals surface area contributed by atoms with Crippen molar-refractivity contribution in [1.29, 1.82) is 0 Å². The fraction of sp³-hybridized carbons (Fsp3) is 0.0526. The molecule has 9 heteroatoms. The van der Waals surface area contributed by atoms with E-state index in [0.29, 0.717) is 16.3 Å². The first-order valence-electron chi connectivity index (χ1n) is 8.05. The summed E-state index contributed by atoms with van der Waals surface area (Å²) in [5, 5.41) is 26.1. The van der Waals surface area contributed by atoms with Crippen LogP contribution in [-0.2, 0) is 4.79 Å². The van der Waals surface area contributed by atoms with Crippen LogP contribution < -0.4 is 10.2 Å². The van der Waals surface area contributed by atoms with Crippen molar-refractivity contribution in [2.45, 2.75) is 0 Å². The number of hydrogen-bond acceptors (Lipinski definition) is 6. The van der Waals surface area contributed by atoms with Crippen LogP contribution in [0.25, 0.3) is 10.8 Å². The molecule has 8 nitrogen and oxygen atoms in total. The van der Waals surface area contributed by atoms with Gasteiger partial charge in [0.1, 0.15) is 5.75 Å². The highest BCUT2D eigenvalue weighted by Gasteiger charge is 2.13. The average Bonchev–Trinajstić information content (AvgIpc) is 2.69. The Kier molecular flexibility index (Phi) is 5.71. The van der Waals surface area contributed by atoms with E-state index >= 15 is 0 Å². The number of phenols is 1. The van der Waals surface area contributed by atoms with Crippen LogP contribution >= 0.6 is 11.6 Å². The van der Waals surface area contributed by atoms with Crippen LogP contribution in [0.1, 0.15) is 5.56 Å². The van der Waals surface area contributed by atoms with E-state index in [4.69, 9.17) is 16.3 Å². The number of nitro benzene ring substituents is 1. The van der Waals surface area contributed by atoms with Crippen LogP contribution in [-0.4, -0.2) is 28.8 Å². The zero-order valence-corrected chi connectivity index (χ0v) is 15.1. The Morgan fingerprint density at radius 2 is 1.96 bits per heavy atom. The molecule has 142 valence electrons. The van der Waals surface area contributed by atoms with Crippen molar-refractivity contribution in [1.82, 2.24) is 5.43 Å². The van der Waals surface area contributed by atoms with Crippen molar-refractivity contribution in [3.05, 3.63) is 75.3 Å². The minimum absolute atomic E-state index is 0.279. The van der Waals surface area contributed by atoms with Crippen molar-refractivity contribution >= 4 is 40.2 Å². The lowest BCUT2D eigenvalue weighted by atomic mass is 10.1. The molecule has 3 aromatic carbocycles. The molecule has 2 N–H and O–H groups in total. The van der Waals surface area contributed by atoms with Gasteiger partial charge in [0, 0.05) is 27.4 Å². The third kappa shape index (κ3) is 4.36. The number of hydrazone groups is 1. The first kappa shape index (κ1) is 19.1. The Morgan fingerprint density at radius 1 is 1.21 bits per heavy atom. The number of amides is 1. The number of rotatable bonds is 6. The molecule has 0 atom stereocenters. The molecule has 0 radical (unpaired) electrons. The molecule has 0 spiro atoms. The number of nitrogens with zero attached hydrogens (tertiary/aromatic N) is 2. The van der Waals surface area contributed by atoms with E-state index in [-0.39, 0.29) is 6.61 Å². The van der Waals surface area contributed by atoms with E-state index in [1.54, 1.807) is 12.1 Å². The predicted molar refractivity (Wildman–Crippen MR) is 105 cm³/mol. The summed E-state index contributed by atoms with van der Waals surface area (Å²) in [6.07, 6.45) is 1.22. The van der Waals surface area contributed by atoms with Crippen LogP contribution in [0, 0.1) is 10.1 Å². The molecule has 0 fully saturated rings. The van der Waals surface area contributed by atoms with Crippen molar-refractivity contribution in [2.24, 2.45) is 5.10 Å². The minimum atomic E-state index is -0.713. The lowest BCUT2D eigenvalue weighted by Gasteiger charge is -2.09. The summed E-state index contributed by atoms with van der Waals surface area (Å²) in [6.45, 7) is -0.279. The van der Waals surface area contributed by atoms with Gasteiger partial charge in [-0.15, -0.1) is 0 Å². The van der Waals surface area contributed by atoms with E-state index in [0.717, 1.165) is 16.8 Å². The summed E-state index contributed by atoms with van der Waals surface area (Å²) < 4.78 is 5.54. The van der Waals surface area contributed by atoms with Crippen molar-refractivity contribution in [3.63, 3.8) is 0 Å². The van der Waals surface area contributed by atoms with E-state index in [2.05, 4.69) is 10.5 Å². The van der Waals surface area contributed by atoms with E-state index in [1.807, 2.05) is 24.3 Å². The molecule has 0 saturated carbocycles. The number of nitrogens with one attached hydrogen (secondary N) is 1. The average molecular weight is 400 g/mol. The summed E-state index contributed by atoms with van der Waals surface area (Å²) >= 11 is 6.15. The predicted octanol–water partition coefficient (Wildman–Crippen LogP) is 3.64. The molecule has 0 heterocycles. The fourth-order valence-corrected chi connectivity index (χ4v) is 2.71. The Balaban J connectivity index is 1.61. The highest BCUT2D eigenvalue weighted by Crippen LogP contribution is 2.31. The van der Waals surface area contributed by atoms with Gasteiger partial charge < -0.3 is 9.84 Å². The van der Waals surface area contributed by atoms with Gasteiger partial charge in [-0.25, -0.2) is 5.43 Å². The zero-order valence-electron chi connectivity index (χ0n) is 14.3. The van der Waals surface area contributed by atoms with Crippen LogP contribution in [0.5, 0.6) is 11.5 Å². The molecule has 0 bridgehead atoms. The van der Waals surface area contributed by atoms with Gasteiger partial charge in [-0.05, 0) is 24.3 Å². The van der Waals surface area contributed by atoms with Gasteiger partial charge in [-0.2, -0.15) is 5.10 Å². The number of fused-ring (bicyclic) bond motifs is 1. The first-order chi connectivity index (χ1) is 13.5. The molecular weight excluding hydrogens is 386 g/mol. The maximum absolute atomic E-state index is 11.9. The van der Waals surface area contributed by atoms with E-state index < -0.39 is 22.3 Å². The second-order valence-electron chi connectivity index (χ2n) is 5.68. The maximum atomic E-state index is 11.9. The van der Waals surface area contributed by atoms with Gasteiger partial charge >= 0.3 is 5.69 Å². The first-order valence-corrected chi connectivity index (χ1v) is 8.43. The Morgan fingerprint density at radius 3 is 2.71 bits per heavy atom. The lowest BCUT2D eigenvalue weighted by Crippen LogP contribution is -2.24. The van der Waals surface area contributed by atoms with Crippen LogP contribution in [0.2, 0.25) is 5.02 Å². The summed E-state index contributed by atoms with van der Waals surface area (Å²) in [5.41, 5.74) is 2.16. The molecule has 0 unspecified atom stereocenters. The SMILES string of the molecule is O=C(COc1ccc(Cl)c2ccccc12)N/N=C/c1ccc(O)c([N+](=O)[O-])c1. The maximum Gasteiger partial charge on any atom is 0.311 e. The number of aromatic hydroxyl groups is 1. The monoisotopic (exact) mass is 399 g/mol. The van der Waals surface area contributed by atoms with Crippen LogP contribution in [0.15, 0.2) is 59.7 Å². The summed E-state index contributed by atoms with van der Waals surface area (Å²) in [7, 11) is 0. The van der Waals surface area contributed by atoms with Gasteiger partial charge in [0.2, 0.25) is 0 Å². The zero-order chi connectivity index (χ0) is 20.1. The minimum Gasteiger partial charge on any atom is -0.502 e. The third-order valence-electron chi connectivity index (χ3n) is 3.79. The van der Waals surface area contributed by atoms with Gasteiger partial charge in [0.15, 0.2) is 12.4 Å². The molecule has 1 amide bonds.